The highest BCUT2D eigenvalue weighted by atomic mass is 16.5. The van der Waals surface area contributed by atoms with Crippen LogP contribution >= 0.6 is 0 Å². The Bertz CT molecular complexity index is 1550. The molecule has 4 rings (SSSR count). The van der Waals surface area contributed by atoms with E-state index in [0.29, 0.717) is 23.3 Å². The number of rotatable bonds is 9. The van der Waals surface area contributed by atoms with E-state index in [2.05, 4.69) is 27.9 Å². The highest BCUT2D eigenvalue weighted by Gasteiger charge is 2.19. The molecule has 3 heterocycles. The zero-order chi connectivity index (χ0) is 27.2. The average molecular weight is 509 g/mol. The Kier molecular flexibility index (Phi) is 7.94. The van der Waals surface area contributed by atoms with Crippen molar-refractivity contribution in [3.05, 3.63) is 79.4 Å². The van der Waals surface area contributed by atoms with Crippen molar-refractivity contribution in [1.29, 1.82) is 5.26 Å². The van der Waals surface area contributed by atoms with Gasteiger partial charge in [0.1, 0.15) is 11.7 Å². The molecule has 0 spiro atoms. The van der Waals surface area contributed by atoms with Gasteiger partial charge in [0.2, 0.25) is 5.91 Å². The lowest BCUT2D eigenvalue weighted by molar-refractivity contribution is -0.149. The zero-order valence-corrected chi connectivity index (χ0v) is 21.2. The second-order valence-electron chi connectivity index (χ2n) is 9.28. The third kappa shape index (κ3) is 5.94. The quantitative estimate of drug-likeness (QED) is 0.248. The van der Waals surface area contributed by atoms with E-state index in [1.807, 2.05) is 38.2 Å². The number of nitrogens with zero attached hydrogens (tertiary/aromatic N) is 4. The molecule has 4 aromatic rings. The molecule has 0 unspecified atom stereocenters. The van der Waals surface area contributed by atoms with Gasteiger partial charge in [-0.25, -0.2) is 4.98 Å². The smallest absolute Gasteiger partial charge is 0.324 e. The van der Waals surface area contributed by atoms with Gasteiger partial charge in [0, 0.05) is 40.7 Å². The van der Waals surface area contributed by atoms with Gasteiger partial charge in [0.05, 0.1) is 23.5 Å². The van der Waals surface area contributed by atoms with Gasteiger partial charge in [0.15, 0.2) is 6.73 Å². The van der Waals surface area contributed by atoms with Crippen molar-refractivity contribution >= 4 is 28.6 Å². The molecule has 192 valence electrons. The molecule has 3 N–H and O–H groups in total. The Labute approximate surface area is 220 Å². The van der Waals surface area contributed by atoms with Crippen LogP contribution in [0, 0.1) is 17.2 Å². The van der Waals surface area contributed by atoms with E-state index in [4.69, 9.17) is 10.5 Å². The zero-order valence-electron chi connectivity index (χ0n) is 21.2. The summed E-state index contributed by atoms with van der Waals surface area (Å²) in [6.07, 6.45) is 8.48. The molecule has 0 aliphatic carbocycles. The molecule has 0 aliphatic heterocycles. The van der Waals surface area contributed by atoms with Crippen molar-refractivity contribution in [2.75, 3.05) is 5.32 Å². The number of carbonyl (C=O) groups excluding carboxylic acids is 2. The number of fused-ring (bicyclic) bond motifs is 1. The minimum Gasteiger partial charge on any atom is -0.443 e. The van der Waals surface area contributed by atoms with Gasteiger partial charge in [-0.3, -0.25) is 19.1 Å². The summed E-state index contributed by atoms with van der Waals surface area (Å²) in [4.78, 5) is 33.1. The van der Waals surface area contributed by atoms with Crippen molar-refractivity contribution in [3.8, 4) is 28.3 Å². The summed E-state index contributed by atoms with van der Waals surface area (Å²) in [5.41, 5.74) is 10.8. The number of benzene rings is 1. The second kappa shape index (κ2) is 11.5. The number of aromatic nitrogens is 3. The first-order chi connectivity index (χ1) is 18.3. The standard InChI is InChI=1S/C29H28N6O3/c1-4-27(36)34-23-10-21(13-32-15-23)22-11-24-25(20-7-5-6-19(9-20)12-30)16-35(28(24)33-14-22)17-38-29(37)26(31)8-18(2)3/h4-7,9-11,13-16,18,26H,1,8,17,31H2,2-3H3,(H,34,36)/t26-/m0/s1. The Morgan fingerprint density at radius 3 is 2.71 bits per heavy atom. The molecule has 9 heteroatoms. The number of amides is 1. The number of nitrogens with one attached hydrogen (secondary N) is 1. The summed E-state index contributed by atoms with van der Waals surface area (Å²) in [6, 6.07) is 12.5. The first-order valence-corrected chi connectivity index (χ1v) is 12.1. The predicted molar refractivity (Wildman–Crippen MR) is 145 cm³/mol. The minimum absolute atomic E-state index is 0.0595. The number of carbonyl (C=O) groups is 2. The molecule has 1 amide bonds. The van der Waals surface area contributed by atoms with E-state index in [9.17, 15) is 14.9 Å². The van der Waals surface area contributed by atoms with Crippen LogP contribution in [0.15, 0.2) is 73.8 Å². The molecule has 0 saturated heterocycles. The molecule has 9 nitrogen and oxygen atoms in total. The summed E-state index contributed by atoms with van der Waals surface area (Å²) >= 11 is 0. The number of nitrogens with two attached hydrogens (primary N) is 1. The van der Waals surface area contributed by atoms with Crippen molar-refractivity contribution in [1.82, 2.24) is 14.5 Å². The maximum atomic E-state index is 12.5. The first kappa shape index (κ1) is 26.3. The number of hydrogen-bond donors (Lipinski definition) is 2. The van der Waals surface area contributed by atoms with Crippen LogP contribution in [0.25, 0.3) is 33.3 Å². The topological polar surface area (TPSA) is 136 Å². The molecule has 0 saturated carbocycles. The normalized spacial score (nSPS) is 11.7. The third-order valence-electron chi connectivity index (χ3n) is 5.91. The van der Waals surface area contributed by atoms with Crippen LogP contribution in [-0.2, 0) is 21.1 Å². The van der Waals surface area contributed by atoms with Crippen molar-refractivity contribution in [3.63, 3.8) is 0 Å². The van der Waals surface area contributed by atoms with Crippen molar-refractivity contribution in [2.45, 2.75) is 33.0 Å². The Balaban J connectivity index is 1.75. The molecule has 0 aliphatic rings. The van der Waals surface area contributed by atoms with E-state index in [1.165, 1.54) is 6.08 Å². The second-order valence-corrected chi connectivity index (χ2v) is 9.28. The fourth-order valence-corrected chi connectivity index (χ4v) is 4.12. The average Bonchev–Trinajstić information content (AvgIpc) is 3.29. The molecular weight excluding hydrogens is 480 g/mol. The number of nitriles is 1. The first-order valence-electron chi connectivity index (χ1n) is 12.1. The molecule has 3 aromatic heterocycles. The predicted octanol–water partition coefficient (Wildman–Crippen LogP) is 4.64. The molecular formula is C29H28N6O3. The summed E-state index contributed by atoms with van der Waals surface area (Å²) < 4.78 is 7.26. The van der Waals surface area contributed by atoms with Crippen molar-refractivity contribution < 1.29 is 14.3 Å². The molecule has 0 bridgehead atoms. The van der Waals surface area contributed by atoms with Crippen LogP contribution in [0.4, 0.5) is 5.69 Å². The van der Waals surface area contributed by atoms with Crippen LogP contribution < -0.4 is 11.1 Å². The van der Waals surface area contributed by atoms with Crippen LogP contribution in [0.2, 0.25) is 0 Å². The van der Waals surface area contributed by atoms with Crippen LogP contribution in [-0.4, -0.2) is 32.5 Å². The lowest BCUT2D eigenvalue weighted by Gasteiger charge is -2.14. The number of pyridine rings is 2. The molecule has 0 fully saturated rings. The van der Waals surface area contributed by atoms with Gasteiger partial charge in [0.25, 0.3) is 0 Å². The Hall–Kier alpha value is -4.81. The fourth-order valence-electron chi connectivity index (χ4n) is 4.12. The minimum atomic E-state index is -0.704. The van der Waals surface area contributed by atoms with Gasteiger partial charge in [-0.1, -0.05) is 32.6 Å². The Morgan fingerprint density at radius 2 is 1.97 bits per heavy atom. The van der Waals surface area contributed by atoms with E-state index >= 15 is 0 Å². The molecule has 1 atom stereocenters. The van der Waals surface area contributed by atoms with Gasteiger partial charge >= 0.3 is 5.97 Å². The van der Waals surface area contributed by atoms with Crippen LogP contribution in [0.5, 0.6) is 0 Å². The van der Waals surface area contributed by atoms with E-state index < -0.39 is 12.0 Å². The lowest BCUT2D eigenvalue weighted by atomic mass is 10.0. The van der Waals surface area contributed by atoms with Crippen molar-refractivity contribution in [2.24, 2.45) is 11.7 Å². The van der Waals surface area contributed by atoms with Gasteiger partial charge < -0.3 is 15.8 Å². The number of anilines is 1. The summed E-state index contributed by atoms with van der Waals surface area (Å²) in [7, 11) is 0. The highest BCUT2D eigenvalue weighted by molar-refractivity contribution is 5.99. The number of hydrogen-bond acceptors (Lipinski definition) is 7. The van der Waals surface area contributed by atoms with E-state index in [-0.39, 0.29) is 18.6 Å². The summed E-state index contributed by atoms with van der Waals surface area (Å²) in [5, 5.41) is 12.9. The van der Waals surface area contributed by atoms with Gasteiger partial charge in [-0.2, -0.15) is 5.26 Å². The Morgan fingerprint density at radius 1 is 1.18 bits per heavy atom. The molecule has 1 aromatic carbocycles. The fraction of sp³-hybridized carbons (Fsp3) is 0.207. The van der Waals surface area contributed by atoms with E-state index in [0.717, 1.165) is 27.6 Å². The summed E-state index contributed by atoms with van der Waals surface area (Å²) in [5.74, 6) is -0.547. The molecule has 38 heavy (non-hydrogen) atoms. The lowest BCUT2D eigenvalue weighted by Crippen LogP contribution is -2.33. The van der Waals surface area contributed by atoms with Gasteiger partial charge in [-0.15, -0.1) is 0 Å². The molecule has 0 radical (unpaired) electrons. The largest absolute Gasteiger partial charge is 0.443 e. The van der Waals surface area contributed by atoms with Gasteiger partial charge in [-0.05, 0) is 48.2 Å². The highest BCUT2D eigenvalue weighted by Crippen LogP contribution is 2.33. The SMILES string of the molecule is C=CC(=O)Nc1cncc(-c2cnc3c(c2)c(-c2cccc(C#N)c2)cn3COC(=O)[C@@H](N)CC(C)C)c1. The number of ether oxygens (including phenoxy) is 1. The third-order valence-corrected chi connectivity index (χ3v) is 5.91. The monoisotopic (exact) mass is 508 g/mol. The maximum Gasteiger partial charge on any atom is 0.324 e. The maximum absolute atomic E-state index is 12.5. The van der Waals surface area contributed by atoms with Crippen LogP contribution in [0.3, 0.4) is 0 Å². The number of esters is 1. The van der Waals surface area contributed by atoms with E-state index in [1.54, 1.807) is 41.4 Å². The summed E-state index contributed by atoms with van der Waals surface area (Å²) in [6.45, 7) is 7.40. The van der Waals surface area contributed by atoms with Crippen LogP contribution in [0.1, 0.15) is 25.8 Å².